The first kappa shape index (κ1) is 18.6. The maximum atomic E-state index is 12.7. The van der Waals surface area contributed by atoms with Crippen molar-refractivity contribution < 1.29 is 28.5 Å². The summed E-state index contributed by atoms with van der Waals surface area (Å²) in [5, 5.41) is 0. The normalized spacial score (nSPS) is 43.4. The molecule has 0 N–H and O–H groups in total. The average Bonchev–Trinajstić information content (AvgIpc) is 3.64. The number of epoxide rings is 2. The predicted molar refractivity (Wildman–Crippen MR) is 99.3 cm³/mol. The number of rotatable bonds is 6. The molecule has 0 aromatic carbocycles. The number of carbonyl (C=O) groups excluding carboxylic acids is 2. The van der Waals surface area contributed by atoms with Crippen molar-refractivity contribution in [3.63, 3.8) is 0 Å². The summed E-state index contributed by atoms with van der Waals surface area (Å²) >= 11 is 0. The smallest absolute Gasteiger partial charge is 0.313 e. The largest absolute Gasteiger partial charge is 0.465 e. The molecule has 0 radical (unpaired) electrons. The lowest BCUT2D eigenvalue weighted by Crippen LogP contribution is -2.35. The number of esters is 2. The fourth-order valence-corrected chi connectivity index (χ4v) is 5.22. The maximum absolute atomic E-state index is 12.7. The Balaban J connectivity index is 1.10. The molecular weight excluding hydrogens is 360 g/mol. The van der Waals surface area contributed by atoms with Crippen LogP contribution in [0.2, 0.25) is 0 Å². The zero-order valence-electron chi connectivity index (χ0n) is 16.3. The van der Waals surface area contributed by atoms with Gasteiger partial charge in [-0.1, -0.05) is 12.2 Å². The number of fused-ring (bicyclic) bond motifs is 2. The molecule has 28 heavy (non-hydrogen) atoms. The molecule has 0 aromatic heterocycles. The number of hydrogen-bond acceptors (Lipinski definition) is 6. The summed E-state index contributed by atoms with van der Waals surface area (Å²) in [6.07, 6.45) is 13.1. The molecular formula is C22H30O6. The summed E-state index contributed by atoms with van der Waals surface area (Å²) in [7, 11) is 0. The molecule has 2 heterocycles. The molecule has 8 unspecified atom stereocenters. The van der Waals surface area contributed by atoms with Gasteiger partial charge in [-0.15, -0.1) is 0 Å². The van der Waals surface area contributed by atoms with Crippen molar-refractivity contribution in [2.75, 3.05) is 13.2 Å². The second-order valence-electron chi connectivity index (χ2n) is 9.18. The van der Waals surface area contributed by atoms with Crippen LogP contribution in [0.4, 0.5) is 0 Å². The van der Waals surface area contributed by atoms with Crippen LogP contribution in [0.25, 0.3) is 0 Å². The molecule has 2 saturated carbocycles. The Labute approximate surface area is 165 Å². The molecule has 4 fully saturated rings. The quantitative estimate of drug-likeness (QED) is 0.394. The topological polar surface area (TPSA) is 77.7 Å². The van der Waals surface area contributed by atoms with E-state index in [1.54, 1.807) is 0 Å². The maximum Gasteiger partial charge on any atom is 0.313 e. The molecule has 2 aliphatic heterocycles. The van der Waals surface area contributed by atoms with Crippen LogP contribution >= 0.6 is 0 Å². The van der Waals surface area contributed by atoms with Gasteiger partial charge in [0.05, 0.1) is 49.5 Å². The summed E-state index contributed by atoms with van der Waals surface area (Å²) in [6.45, 7) is 0.875. The summed E-state index contributed by atoms with van der Waals surface area (Å²) in [4.78, 5) is 25.4. The number of allylic oxidation sites excluding steroid dienone is 1. The minimum Gasteiger partial charge on any atom is -0.465 e. The minimum absolute atomic E-state index is 0.253. The van der Waals surface area contributed by atoms with Crippen molar-refractivity contribution in [1.29, 1.82) is 0 Å². The molecule has 3 aliphatic carbocycles. The molecule has 0 aromatic rings. The third-order valence-electron chi connectivity index (χ3n) is 7.14. The highest BCUT2D eigenvalue weighted by Crippen LogP contribution is 2.40. The lowest BCUT2D eigenvalue weighted by molar-refractivity contribution is -0.161. The van der Waals surface area contributed by atoms with E-state index in [0.717, 1.165) is 44.9 Å². The lowest BCUT2D eigenvalue weighted by Gasteiger charge is -2.27. The van der Waals surface area contributed by atoms with E-state index in [2.05, 4.69) is 0 Å². The standard InChI is InChI=1S/C22H30O6/c23-21(25-11-13-5-7-17-19(9-13)27-17)15-3-1-2-4-16(15)22(24)26-12-14-6-8-18-20(10-14)28-18/h1,3,13-20H,2,4-12H2. The highest BCUT2D eigenvalue weighted by atomic mass is 16.6. The second kappa shape index (κ2) is 7.79. The molecule has 154 valence electrons. The van der Waals surface area contributed by atoms with Crippen molar-refractivity contribution in [3.05, 3.63) is 12.2 Å². The summed E-state index contributed by atoms with van der Waals surface area (Å²) in [6, 6.07) is 0. The van der Waals surface area contributed by atoms with Crippen molar-refractivity contribution in [3.8, 4) is 0 Å². The van der Waals surface area contributed by atoms with Crippen LogP contribution in [-0.2, 0) is 28.5 Å². The summed E-state index contributed by atoms with van der Waals surface area (Å²) < 4.78 is 22.3. The first-order valence-corrected chi connectivity index (χ1v) is 11.0. The Morgan fingerprint density at radius 3 is 2.00 bits per heavy atom. The molecule has 0 amide bonds. The van der Waals surface area contributed by atoms with E-state index in [1.807, 2.05) is 12.2 Å². The molecule has 2 saturated heterocycles. The van der Waals surface area contributed by atoms with E-state index < -0.39 is 11.8 Å². The van der Waals surface area contributed by atoms with Crippen molar-refractivity contribution in [2.45, 2.75) is 75.8 Å². The second-order valence-corrected chi connectivity index (χ2v) is 9.18. The monoisotopic (exact) mass is 390 g/mol. The molecule has 8 atom stereocenters. The van der Waals surface area contributed by atoms with Crippen LogP contribution in [0.3, 0.4) is 0 Å². The Bertz CT molecular complexity index is 645. The van der Waals surface area contributed by atoms with E-state index in [-0.39, 0.29) is 11.9 Å². The summed E-state index contributed by atoms with van der Waals surface area (Å²) in [5.74, 6) is -0.714. The number of ether oxygens (including phenoxy) is 4. The van der Waals surface area contributed by atoms with Crippen molar-refractivity contribution in [1.82, 2.24) is 0 Å². The van der Waals surface area contributed by atoms with E-state index >= 15 is 0 Å². The minimum atomic E-state index is -0.516. The van der Waals surface area contributed by atoms with Crippen LogP contribution in [0.5, 0.6) is 0 Å². The Hall–Kier alpha value is -1.40. The fourth-order valence-electron chi connectivity index (χ4n) is 5.22. The van der Waals surface area contributed by atoms with Crippen LogP contribution in [0, 0.1) is 23.7 Å². The predicted octanol–water partition coefficient (Wildman–Crippen LogP) is 2.79. The highest BCUT2D eigenvalue weighted by Gasteiger charge is 2.45. The van der Waals surface area contributed by atoms with Crippen LogP contribution in [0.15, 0.2) is 12.2 Å². The van der Waals surface area contributed by atoms with Gasteiger partial charge in [0.25, 0.3) is 0 Å². The zero-order chi connectivity index (χ0) is 19.1. The van der Waals surface area contributed by atoms with Gasteiger partial charge < -0.3 is 18.9 Å². The third kappa shape index (κ3) is 4.13. The van der Waals surface area contributed by atoms with Gasteiger partial charge >= 0.3 is 11.9 Å². The van der Waals surface area contributed by atoms with Crippen LogP contribution in [-0.4, -0.2) is 49.6 Å². The van der Waals surface area contributed by atoms with Crippen molar-refractivity contribution in [2.24, 2.45) is 23.7 Å². The number of carbonyl (C=O) groups is 2. The van der Waals surface area contributed by atoms with Gasteiger partial charge in [0, 0.05) is 0 Å². The third-order valence-corrected chi connectivity index (χ3v) is 7.14. The first-order chi connectivity index (χ1) is 13.7. The SMILES string of the molecule is O=C(OCC1CCC2OC2C1)C1C=CCCC1C(=O)OCC1CCC2OC2C1. The molecule has 6 heteroatoms. The first-order valence-electron chi connectivity index (χ1n) is 11.0. The molecule has 6 nitrogen and oxygen atoms in total. The molecule has 5 rings (SSSR count). The Kier molecular flexibility index (Phi) is 5.18. The Morgan fingerprint density at radius 2 is 1.39 bits per heavy atom. The summed E-state index contributed by atoms with van der Waals surface area (Å²) in [5.41, 5.74) is 0. The van der Waals surface area contributed by atoms with Gasteiger partial charge in [-0.3, -0.25) is 9.59 Å². The fraction of sp³-hybridized carbons (Fsp3) is 0.818. The van der Waals surface area contributed by atoms with Gasteiger partial charge in [-0.05, 0) is 63.2 Å². The molecule has 5 aliphatic rings. The van der Waals surface area contributed by atoms with E-state index in [1.165, 1.54) is 0 Å². The van der Waals surface area contributed by atoms with Crippen molar-refractivity contribution >= 4 is 11.9 Å². The number of hydrogen-bond donors (Lipinski definition) is 0. The van der Waals surface area contributed by atoms with Gasteiger partial charge in [-0.2, -0.15) is 0 Å². The average molecular weight is 390 g/mol. The zero-order valence-corrected chi connectivity index (χ0v) is 16.3. The van der Waals surface area contributed by atoms with Gasteiger partial charge in [0.1, 0.15) is 0 Å². The highest BCUT2D eigenvalue weighted by molar-refractivity contribution is 5.84. The lowest BCUT2D eigenvalue weighted by atomic mass is 9.83. The van der Waals surface area contributed by atoms with E-state index in [0.29, 0.717) is 55.9 Å². The van der Waals surface area contributed by atoms with E-state index in [4.69, 9.17) is 18.9 Å². The molecule has 0 bridgehead atoms. The van der Waals surface area contributed by atoms with Gasteiger partial charge in [-0.25, -0.2) is 0 Å². The van der Waals surface area contributed by atoms with Crippen LogP contribution < -0.4 is 0 Å². The van der Waals surface area contributed by atoms with Gasteiger partial charge in [0.2, 0.25) is 0 Å². The van der Waals surface area contributed by atoms with Crippen LogP contribution in [0.1, 0.15) is 51.4 Å². The van der Waals surface area contributed by atoms with Gasteiger partial charge in [0.15, 0.2) is 0 Å². The Morgan fingerprint density at radius 1 is 0.786 bits per heavy atom. The molecule has 0 spiro atoms. The van der Waals surface area contributed by atoms with E-state index in [9.17, 15) is 9.59 Å².